The molecule has 0 spiro atoms. The normalized spacial score (nSPS) is 14.3. The summed E-state index contributed by atoms with van der Waals surface area (Å²) >= 11 is 0. The number of aliphatic hydroxyl groups is 1. The average Bonchev–Trinajstić information content (AvgIpc) is 1.98. The van der Waals surface area contributed by atoms with Crippen molar-refractivity contribution in [1.82, 2.24) is 0 Å². The fourth-order valence-corrected chi connectivity index (χ4v) is 12.0. The van der Waals surface area contributed by atoms with Crippen LogP contribution in [-0.2, 0) is 65.4 Å². The first-order chi connectivity index (χ1) is 46.7. The van der Waals surface area contributed by atoms with Crippen LogP contribution in [0.4, 0.5) is 0 Å². The maximum Gasteiger partial charge on any atom is 0.472 e. The van der Waals surface area contributed by atoms with E-state index in [1.54, 1.807) is 0 Å². The lowest BCUT2D eigenvalue weighted by Crippen LogP contribution is -2.30. The first kappa shape index (κ1) is 92.8. The molecule has 0 aliphatic carbocycles. The minimum absolute atomic E-state index is 0.0842. The second kappa shape index (κ2) is 70.2. The molecule has 96 heavy (non-hydrogen) atoms. The molecule has 0 saturated heterocycles. The Morgan fingerprint density at radius 3 is 0.833 bits per heavy atom. The molecular weight excluding hydrogens is 1260 g/mol. The molecule has 3 N–H and O–H groups in total. The SMILES string of the molecule is CCCC/C=C\CCCCCCCC(=O)OC(COC(=O)CCCCCCC/C=C\C/C=C\CCCCC)COP(=O)(O)OCC(O)COP(=O)(O)OCC(COC(=O)CCCCCCC/C=C\CCCCCCCC)OC(=O)CCCCCCC/C=C\CCCCCCCC. The van der Waals surface area contributed by atoms with Crippen LogP contribution in [0.15, 0.2) is 60.8 Å². The molecule has 5 unspecified atom stereocenters. The van der Waals surface area contributed by atoms with Crippen molar-refractivity contribution < 1.29 is 80.2 Å². The third kappa shape index (κ3) is 69.2. The van der Waals surface area contributed by atoms with Crippen LogP contribution in [0.3, 0.4) is 0 Å². The highest BCUT2D eigenvalue weighted by Gasteiger charge is 2.30. The zero-order valence-electron chi connectivity index (χ0n) is 61.1. The second-order valence-corrected chi connectivity index (χ2v) is 28.8. The number of unbranched alkanes of at least 4 members (excludes halogenated alkanes) is 37. The van der Waals surface area contributed by atoms with Gasteiger partial charge in [0.25, 0.3) is 0 Å². The highest BCUT2D eigenvalue weighted by atomic mass is 31.2. The highest BCUT2D eigenvalue weighted by molar-refractivity contribution is 7.47. The predicted octanol–water partition coefficient (Wildman–Crippen LogP) is 21.9. The van der Waals surface area contributed by atoms with Crippen LogP contribution in [0.2, 0.25) is 0 Å². The molecule has 0 aromatic carbocycles. The van der Waals surface area contributed by atoms with Crippen molar-refractivity contribution >= 4 is 39.5 Å². The Hall–Kier alpha value is -3.24. The zero-order chi connectivity index (χ0) is 70.4. The minimum atomic E-state index is -4.97. The van der Waals surface area contributed by atoms with Gasteiger partial charge in [-0.3, -0.25) is 37.3 Å². The van der Waals surface area contributed by atoms with Crippen molar-refractivity contribution in [2.24, 2.45) is 0 Å². The van der Waals surface area contributed by atoms with Crippen molar-refractivity contribution in [2.75, 3.05) is 39.6 Å². The third-order valence-corrected chi connectivity index (χ3v) is 18.3. The number of aliphatic hydroxyl groups excluding tert-OH is 1. The van der Waals surface area contributed by atoms with Crippen LogP contribution in [0.1, 0.15) is 349 Å². The summed E-state index contributed by atoms with van der Waals surface area (Å²) in [6.45, 7) is 4.80. The van der Waals surface area contributed by atoms with Gasteiger partial charge in [-0.25, -0.2) is 9.13 Å². The first-order valence-electron chi connectivity index (χ1n) is 38.5. The fraction of sp³-hybridized carbons (Fsp3) is 0.818. The molecular formula is C77H140O17P2. The monoisotopic (exact) mass is 1400 g/mol. The number of ether oxygens (including phenoxy) is 4. The summed E-state index contributed by atoms with van der Waals surface area (Å²) in [6.07, 6.45) is 67.8. The van der Waals surface area contributed by atoms with Crippen LogP contribution in [0.25, 0.3) is 0 Å². The molecule has 560 valence electrons. The van der Waals surface area contributed by atoms with Crippen molar-refractivity contribution in [3.8, 4) is 0 Å². The van der Waals surface area contributed by atoms with Gasteiger partial charge in [0.15, 0.2) is 12.2 Å². The molecule has 0 fully saturated rings. The lowest BCUT2D eigenvalue weighted by atomic mass is 10.1. The Morgan fingerprint density at radius 1 is 0.292 bits per heavy atom. The molecule has 0 radical (unpaired) electrons. The summed E-state index contributed by atoms with van der Waals surface area (Å²) in [4.78, 5) is 72.8. The molecule has 0 rings (SSSR count). The van der Waals surface area contributed by atoms with Gasteiger partial charge in [-0.05, 0) is 128 Å². The lowest BCUT2D eigenvalue weighted by molar-refractivity contribution is -0.161. The summed E-state index contributed by atoms with van der Waals surface area (Å²) in [5.74, 6) is -2.19. The minimum Gasteiger partial charge on any atom is -0.462 e. The molecule has 0 aromatic rings. The Labute approximate surface area is 584 Å². The van der Waals surface area contributed by atoms with Gasteiger partial charge in [0.1, 0.15) is 19.3 Å². The van der Waals surface area contributed by atoms with E-state index in [1.807, 2.05) is 0 Å². The topological polar surface area (TPSA) is 237 Å². The number of rotatable bonds is 73. The molecule has 19 heteroatoms. The molecule has 0 saturated carbocycles. The van der Waals surface area contributed by atoms with E-state index in [0.29, 0.717) is 25.7 Å². The molecule has 17 nitrogen and oxygen atoms in total. The van der Waals surface area contributed by atoms with Crippen molar-refractivity contribution in [2.45, 2.75) is 367 Å². The van der Waals surface area contributed by atoms with E-state index in [-0.39, 0.29) is 25.7 Å². The third-order valence-electron chi connectivity index (χ3n) is 16.4. The summed E-state index contributed by atoms with van der Waals surface area (Å²) < 4.78 is 68.4. The predicted molar refractivity (Wildman–Crippen MR) is 390 cm³/mol. The van der Waals surface area contributed by atoms with Gasteiger partial charge in [-0.2, -0.15) is 0 Å². The van der Waals surface area contributed by atoms with Crippen molar-refractivity contribution in [1.29, 1.82) is 0 Å². The van der Waals surface area contributed by atoms with Crippen LogP contribution < -0.4 is 0 Å². The van der Waals surface area contributed by atoms with E-state index in [9.17, 15) is 43.2 Å². The molecule has 0 heterocycles. The average molecular weight is 1400 g/mol. The standard InChI is InChI=1S/C77H140O17P2/c1-5-9-13-17-21-25-29-32-35-38-42-45-49-53-57-61-74(79)87-67-72(93-76(81)63-59-55-51-47-41-28-24-20-16-12-8-4)69-91-95(83,84)89-65-71(78)66-90-96(85,86)92-70-73(94-77(82)64-60-56-52-48-44-40-37-34-31-27-23-19-15-11-7-3)68-88-75(80)62-58-54-50-46-43-39-36-33-30-26-22-18-14-10-6-2/h20-21,24-25,32-37,71-73,78H,5-19,22-23,26-31,38-70H2,1-4H3,(H,83,84)(H,85,86)/b24-20-,25-21-,35-32-,36-33-,37-34-. The van der Waals surface area contributed by atoms with Crippen molar-refractivity contribution in [3.05, 3.63) is 60.8 Å². The number of carbonyl (C=O) groups excluding carboxylic acids is 4. The van der Waals surface area contributed by atoms with Gasteiger partial charge >= 0.3 is 39.5 Å². The Balaban J connectivity index is 5.32. The number of hydrogen-bond acceptors (Lipinski definition) is 15. The Kier molecular flexibility index (Phi) is 67.8. The van der Waals surface area contributed by atoms with E-state index >= 15 is 0 Å². The van der Waals surface area contributed by atoms with Crippen molar-refractivity contribution in [3.63, 3.8) is 0 Å². The van der Waals surface area contributed by atoms with Gasteiger partial charge in [0, 0.05) is 25.7 Å². The molecule has 0 aromatic heterocycles. The number of phosphoric acid groups is 2. The van der Waals surface area contributed by atoms with Crippen LogP contribution >= 0.6 is 15.6 Å². The molecule has 0 amide bonds. The van der Waals surface area contributed by atoms with Crippen LogP contribution in [0.5, 0.6) is 0 Å². The summed E-state index contributed by atoms with van der Waals surface area (Å²) in [5.41, 5.74) is 0. The molecule has 0 aliphatic heterocycles. The quantitative estimate of drug-likeness (QED) is 0.0169. The molecule has 5 atom stereocenters. The zero-order valence-corrected chi connectivity index (χ0v) is 62.8. The first-order valence-corrected chi connectivity index (χ1v) is 41.5. The highest BCUT2D eigenvalue weighted by Crippen LogP contribution is 2.45. The van der Waals surface area contributed by atoms with Gasteiger partial charge < -0.3 is 33.8 Å². The van der Waals surface area contributed by atoms with E-state index in [4.69, 9.17) is 37.0 Å². The molecule has 0 aliphatic rings. The van der Waals surface area contributed by atoms with Crippen LogP contribution in [0, 0.1) is 0 Å². The number of phosphoric ester groups is 2. The summed E-state index contributed by atoms with van der Waals surface area (Å²) in [5, 5.41) is 10.6. The maximum absolute atomic E-state index is 13.1. The van der Waals surface area contributed by atoms with Gasteiger partial charge in [0.2, 0.25) is 0 Å². The number of allylic oxidation sites excluding steroid dienone is 10. The van der Waals surface area contributed by atoms with Gasteiger partial charge in [-0.15, -0.1) is 0 Å². The number of carbonyl (C=O) groups is 4. The smallest absolute Gasteiger partial charge is 0.462 e. The van der Waals surface area contributed by atoms with Crippen LogP contribution in [-0.4, -0.2) is 96.7 Å². The fourth-order valence-electron chi connectivity index (χ4n) is 10.5. The summed E-state index contributed by atoms with van der Waals surface area (Å²) in [7, 11) is -9.94. The Bertz CT molecular complexity index is 2060. The lowest BCUT2D eigenvalue weighted by Gasteiger charge is -2.21. The maximum atomic E-state index is 13.1. The van der Waals surface area contributed by atoms with E-state index in [0.717, 1.165) is 161 Å². The largest absolute Gasteiger partial charge is 0.472 e. The van der Waals surface area contributed by atoms with E-state index < -0.39 is 97.5 Å². The number of esters is 4. The van der Waals surface area contributed by atoms with E-state index in [1.165, 1.54) is 109 Å². The van der Waals surface area contributed by atoms with E-state index in [2.05, 4.69) is 88.5 Å². The Morgan fingerprint density at radius 2 is 0.521 bits per heavy atom. The molecule has 0 bridgehead atoms. The number of hydrogen-bond donors (Lipinski definition) is 3. The second-order valence-electron chi connectivity index (χ2n) is 25.9. The summed E-state index contributed by atoms with van der Waals surface area (Å²) in [6, 6.07) is 0. The van der Waals surface area contributed by atoms with Gasteiger partial charge in [-0.1, -0.05) is 255 Å². The van der Waals surface area contributed by atoms with Gasteiger partial charge in [0.05, 0.1) is 26.4 Å².